The molecule has 0 saturated heterocycles. The number of nitrogens with two attached hydrogens (primary N) is 1. The summed E-state index contributed by atoms with van der Waals surface area (Å²) in [6.07, 6.45) is 3.67. The zero-order chi connectivity index (χ0) is 9.23. The molecule has 0 bridgehead atoms. The summed E-state index contributed by atoms with van der Waals surface area (Å²) in [6, 6.07) is 0. The maximum atomic E-state index is 12.5. The first-order valence-corrected chi connectivity index (χ1v) is 4.73. The van der Waals surface area contributed by atoms with Crippen LogP contribution in [0.4, 0.5) is 4.39 Å². The van der Waals surface area contributed by atoms with Crippen molar-refractivity contribution < 1.29 is 9.13 Å². The molecule has 0 amide bonds. The predicted octanol–water partition coefficient (Wildman–Crippen LogP) is 1.88. The van der Waals surface area contributed by atoms with E-state index in [1.54, 1.807) is 0 Å². The molecule has 0 radical (unpaired) electrons. The van der Waals surface area contributed by atoms with Gasteiger partial charge >= 0.3 is 0 Å². The Labute approximate surface area is 74.3 Å². The van der Waals surface area contributed by atoms with Crippen LogP contribution in [0.5, 0.6) is 0 Å². The average Bonchev–Trinajstić information content (AvgIpc) is 2.10. The first kappa shape index (κ1) is 11.8. The lowest BCUT2D eigenvalue weighted by Gasteiger charge is -2.05. The first-order chi connectivity index (χ1) is 5.81. The van der Waals surface area contributed by atoms with Gasteiger partial charge in [0.25, 0.3) is 0 Å². The van der Waals surface area contributed by atoms with Crippen LogP contribution in [0.3, 0.4) is 0 Å². The maximum absolute atomic E-state index is 12.5. The van der Waals surface area contributed by atoms with Gasteiger partial charge in [-0.1, -0.05) is 26.2 Å². The van der Waals surface area contributed by atoms with Crippen molar-refractivity contribution in [3.8, 4) is 0 Å². The van der Waals surface area contributed by atoms with Crippen molar-refractivity contribution in [2.45, 2.75) is 38.8 Å². The fraction of sp³-hybridized carbons (Fsp3) is 1.00. The van der Waals surface area contributed by atoms with E-state index in [9.17, 15) is 4.39 Å². The highest BCUT2D eigenvalue weighted by Gasteiger charge is 2.01. The number of hydrogen-bond acceptors (Lipinski definition) is 2. The van der Waals surface area contributed by atoms with Crippen LogP contribution in [0.1, 0.15) is 32.6 Å². The summed E-state index contributed by atoms with van der Waals surface area (Å²) in [5.74, 6) is 0. The van der Waals surface area contributed by atoms with Gasteiger partial charge in [0.15, 0.2) is 0 Å². The van der Waals surface area contributed by atoms with Crippen molar-refractivity contribution in [3.63, 3.8) is 0 Å². The topological polar surface area (TPSA) is 35.2 Å². The Hall–Kier alpha value is -0.150. The minimum atomic E-state index is -0.990. The van der Waals surface area contributed by atoms with Crippen LogP contribution >= 0.6 is 0 Å². The molecule has 0 aromatic carbocycles. The molecule has 0 saturated carbocycles. The summed E-state index contributed by atoms with van der Waals surface area (Å²) >= 11 is 0. The van der Waals surface area contributed by atoms with Crippen molar-refractivity contribution in [1.29, 1.82) is 0 Å². The lowest BCUT2D eigenvalue weighted by molar-refractivity contribution is 0.0811. The van der Waals surface area contributed by atoms with Crippen LogP contribution in [0.15, 0.2) is 0 Å². The quantitative estimate of drug-likeness (QED) is 0.574. The molecule has 0 aliphatic rings. The second kappa shape index (κ2) is 8.94. The van der Waals surface area contributed by atoms with E-state index in [0.717, 1.165) is 6.42 Å². The molecule has 0 aromatic heterocycles. The molecule has 12 heavy (non-hydrogen) atoms. The summed E-state index contributed by atoms with van der Waals surface area (Å²) in [5, 5.41) is 0. The number of rotatable bonds is 8. The second-order valence-corrected chi connectivity index (χ2v) is 2.97. The van der Waals surface area contributed by atoms with Crippen LogP contribution in [0, 0.1) is 0 Å². The number of halogens is 1. The molecule has 0 rings (SSSR count). The third-order valence-electron chi connectivity index (χ3n) is 1.70. The zero-order valence-corrected chi connectivity index (χ0v) is 7.89. The van der Waals surface area contributed by atoms with Crippen molar-refractivity contribution >= 4 is 0 Å². The number of alkyl halides is 1. The Morgan fingerprint density at radius 2 is 2.08 bits per heavy atom. The molecule has 0 fully saturated rings. The zero-order valence-electron chi connectivity index (χ0n) is 7.89. The highest BCUT2D eigenvalue weighted by molar-refractivity contribution is 4.53. The van der Waals surface area contributed by atoms with Gasteiger partial charge in [0.2, 0.25) is 0 Å². The molecule has 2 nitrogen and oxygen atoms in total. The van der Waals surface area contributed by atoms with Gasteiger partial charge < -0.3 is 10.5 Å². The highest BCUT2D eigenvalue weighted by Crippen LogP contribution is 1.99. The highest BCUT2D eigenvalue weighted by atomic mass is 19.1. The van der Waals surface area contributed by atoms with Crippen molar-refractivity contribution in [2.24, 2.45) is 5.73 Å². The summed E-state index contributed by atoms with van der Waals surface area (Å²) < 4.78 is 17.5. The molecule has 2 N–H and O–H groups in total. The van der Waals surface area contributed by atoms with Gasteiger partial charge in [0.05, 0.1) is 6.61 Å². The van der Waals surface area contributed by atoms with Gasteiger partial charge in [0.1, 0.15) is 6.17 Å². The average molecular weight is 177 g/mol. The van der Waals surface area contributed by atoms with E-state index in [4.69, 9.17) is 10.5 Å². The Balaban J connectivity index is 2.90. The molecule has 0 aliphatic carbocycles. The summed E-state index contributed by atoms with van der Waals surface area (Å²) in [5.41, 5.74) is 5.08. The molecule has 0 heterocycles. The van der Waals surface area contributed by atoms with Crippen LogP contribution in [0.2, 0.25) is 0 Å². The van der Waals surface area contributed by atoms with E-state index >= 15 is 0 Å². The van der Waals surface area contributed by atoms with E-state index in [1.165, 1.54) is 19.3 Å². The first-order valence-electron chi connectivity index (χ1n) is 4.73. The normalized spacial score (nSPS) is 13.2. The fourth-order valence-corrected chi connectivity index (χ4v) is 0.910. The molecule has 0 aromatic rings. The van der Waals surface area contributed by atoms with Gasteiger partial charge in [-0.15, -0.1) is 0 Å². The molecular weight excluding hydrogens is 157 g/mol. The van der Waals surface area contributed by atoms with Crippen LogP contribution in [0.25, 0.3) is 0 Å². The molecule has 1 unspecified atom stereocenters. The van der Waals surface area contributed by atoms with Crippen molar-refractivity contribution in [1.82, 2.24) is 0 Å². The van der Waals surface area contributed by atoms with Gasteiger partial charge in [-0.2, -0.15) is 0 Å². The number of hydrogen-bond donors (Lipinski definition) is 1. The largest absolute Gasteiger partial charge is 0.378 e. The Morgan fingerprint density at radius 1 is 1.33 bits per heavy atom. The molecule has 74 valence electrons. The number of unbranched alkanes of at least 4 members (excludes halogenated alkanes) is 3. The smallest absolute Gasteiger partial charge is 0.135 e. The predicted molar refractivity (Wildman–Crippen MR) is 48.9 cm³/mol. The molecule has 1 atom stereocenters. The van der Waals surface area contributed by atoms with Gasteiger partial charge in [-0.25, -0.2) is 4.39 Å². The molecule has 3 heteroatoms. The fourth-order valence-electron chi connectivity index (χ4n) is 0.910. The minimum absolute atomic E-state index is 0.0644. The third-order valence-corrected chi connectivity index (χ3v) is 1.70. The Bertz CT molecular complexity index is 90.6. The standard InChI is InChI=1S/C9H20FNO/c1-2-3-4-5-6-12-8-9(10)7-11/h9H,2-8,11H2,1H3. The summed E-state index contributed by atoms with van der Waals surface area (Å²) in [7, 11) is 0. The number of ether oxygens (including phenoxy) is 1. The van der Waals surface area contributed by atoms with Gasteiger partial charge in [0, 0.05) is 13.2 Å². The van der Waals surface area contributed by atoms with E-state index in [-0.39, 0.29) is 13.2 Å². The van der Waals surface area contributed by atoms with Gasteiger partial charge in [-0.3, -0.25) is 0 Å². The summed E-state index contributed by atoms with van der Waals surface area (Å²) in [6.45, 7) is 3.05. The van der Waals surface area contributed by atoms with E-state index in [2.05, 4.69) is 6.92 Å². The van der Waals surface area contributed by atoms with Crippen LogP contribution < -0.4 is 5.73 Å². The third kappa shape index (κ3) is 7.95. The monoisotopic (exact) mass is 177 g/mol. The van der Waals surface area contributed by atoms with Gasteiger partial charge in [-0.05, 0) is 6.42 Å². The SMILES string of the molecule is CCCCCCOCC(F)CN. The van der Waals surface area contributed by atoms with E-state index in [0.29, 0.717) is 6.61 Å². The van der Waals surface area contributed by atoms with E-state index < -0.39 is 6.17 Å². The lowest BCUT2D eigenvalue weighted by atomic mass is 10.2. The lowest BCUT2D eigenvalue weighted by Crippen LogP contribution is -2.21. The molecule has 0 spiro atoms. The van der Waals surface area contributed by atoms with Crippen molar-refractivity contribution in [3.05, 3.63) is 0 Å². The van der Waals surface area contributed by atoms with Crippen LogP contribution in [-0.4, -0.2) is 25.9 Å². The van der Waals surface area contributed by atoms with Crippen LogP contribution in [-0.2, 0) is 4.74 Å². The maximum Gasteiger partial charge on any atom is 0.135 e. The molecular formula is C9H20FNO. The van der Waals surface area contributed by atoms with Crippen molar-refractivity contribution in [2.75, 3.05) is 19.8 Å². The minimum Gasteiger partial charge on any atom is -0.378 e. The Morgan fingerprint density at radius 3 is 2.67 bits per heavy atom. The van der Waals surface area contributed by atoms with E-state index in [1.807, 2.05) is 0 Å². The summed E-state index contributed by atoms with van der Waals surface area (Å²) in [4.78, 5) is 0. The Kier molecular flexibility index (Phi) is 8.83. The second-order valence-electron chi connectivity index (χ2n) is 2.97. The molecule has 0 aliphatic heterocycles.